The van der Waals surface area contributed by atoms with E-state index >= 15 is 0 Å². The molecule has 3 aromatic rings. The summed E-state index contributed by atoms with van der Waals surface area (Å²) in [5.74, 6) is -0.325. The van der Waals surface area contributed by atoms with E-state index in [9.17, 15) is 4.79 Å². The highest BCUT2D eigenvalue weighted by Gasteiger charge is 2.15. The van der Waals surface area contributed by atoms with Gasteiger partial charge in [-0.3, -0.25) is 9.78 Å². The first kappa shape index (κ1) is 22.4. The van der Waals surface area contributed by atoms with Gasteiger partial charge in [-0.05, 0) is 37.0 Å². The molecule has 2 heterocycles. The maximum Gasteiger partial charge on any atom is 0.278 e. The van der Waals surface area contributed by atoms with E-state index in [4.69, 9.17) is 10.5 Å². The highest BCUT2D eigenvalue weighted by Crippen LogP contribution is 2.21. The van der Waals surface area contributed by atoms with Gasteiger partial charge in [0, 0.05) is 25.5 Å². The van der Waals surface area contributed by atoms with Gasteiger partial charge in [-0.15, -0.1) is 0 Å². The number of nitrogens with one attached hydrogen (secondary N) is 1. The fourth-order valence-electron chi connectivity index (χ4n) is 3.28. The SMILES string of the molecule is COCCCCCCCc1ccc(-c2cnc(N)c(C(=O)Nc3cccnc3)n2)cc1. The molecule has 0 aliphatic heterocycles. The van der Waals surface area contributed by atoms with E-state index in [1.54, 1.807) is 37.8 Å². The molecule has 7 heteroatoms. The molecule has 0 saturated heterocycles. The second-order valence-electron chi connectivity index (χ2n) is 7.39. The van der Waals surface area contributed by atoms with Crippen LogP contribution in [0.15, 0.2) is 55.0 Å². The van der Waals surface area contributed by atoms with Crippen LogP contribution in [0.4, 0.5) is 11.5 Å². The average Bonchev–Trinajstić information content (AvgIpc) is 2.80. The monoisotopic (exact) mass is 419 g/mol. The predicted molar refractivity (Wildman–Crippen MR) is 123 cm³/mol. The number of carbonyl (C=O) groups is 1. The number of pyridine rings is 1. The molecule has 0 aliphatic rings. The lowest BCUT2D eigenvalue weighted by Crippen LogP contribution is -2.17. The fourth-order valence-corrected chi connectivity index (χ4v) is 3.28. The number of nitrogens with two attached hydrogens (primary N) is 1. The number of amides is 1. The van der Waals surface area contributed by atoms with Crippen molar-refractivity contribution in [2.45, 2.75) is 38.5 Å². The maximum absolute atomic E-state index is 12.6. The number of anilines is 2. The van der Waals surface area contributed by atoms with E-state index in [-0.39, 0.29) is 11.5 Å². The Kier molecular flexibility index (Phi) is 8.48. The summed E-state index contributed by atoms with van der Waals surface area (Å²) in [6, 6.07) is 11.7. The van der Waals surface area contributed by atoms with Crippen LogP contribution in [0.3, 0.4) is 0 Å². The van der Waals surface area contributed by atoms with Crippen LogP contribution >= 0.6 is 0 Å². The topological polar surface area (TPSA) is 103 Å². The molecular weight excluding hydrogens is 390 g/mol. The maximum atomic E-state index is 12.6. The van der Waals surface area contributed by atoms with Crippen molar-refractivity contribution < 1.29 is 9.53 Å². The first-order chi connectivity index (χ1) is 15.2. The third-order valence-corrected chi connectivity index (χ3v) is 5.00. The number of aromatic nitrogens is 3. The van der Waals surface area contributed by atoms with E-state index in [2.05, 4.69) is 32.4 Å². The third kappa shape index (κ3) is 6.86. The highest BCUT2D eigenvalue weighted by molar-refractivity contribution is 6.05. The van der Waals surface area contributed by atoms with Gasteiger partial charge >= 0.3 is 0 Å². The number of carbonyl (C=O) groups excluding carboxylic acids is 1. The lowest BCUT2D eigenvalue weighted by Gasteiger charge is -2.09. The van der Waals surface area contributed by atoms with Gasteiger partial charge in [-0.1, -0.05) is 43.5 Å². The molecule has 0 aliphatic carbocycles. The first-order valence-corrected chi connectivity index (χ1v) is 10.6. The number of unbranched alkanes of at least 4 members (excludes halogenated alkanes) is 4. The molecular formula is C24H29N5O2. The molecule has 2 aromatic heterocycles. The van der Waals surface area contributed by atoms with Crippen molar-refractivity contribution in [2.24, 2.45) is 0 Å². The Morgan fingerprint density at radius 2 is 1.81 bits per heavy atom. The molecule has 3 rings (SSSR count). The third-order valence-electron chi connectivity index (χ3n) is 5.00. The fraction of sp³-hybridized carbons (Fsp3) is 0.333. The molecule has 0 spiro atoms. The zero-order chi connectivity index (χ0) is 21.9. The smallest absolute Gasteiger partial charge is 0.278 e. The Bertz CT molecular complexity index is 961. The van der Waals surface area contributed by atoms with Crippen LogP contribution in [-0.4, -0.2) is 34.6 Å². The van der Waals surface area contributed by atoms with E-state index in [0.29, 0.717) is 11.4 Å². The van der Waals surface area contributed by atoms with Gasteiger partial charge in [0.1, 0.15) is 0 Å². The van der Waals surface area contributed by atoms with Crippen LogP contribution in [0.5, 0.6) is 0 Å². The normalized spacial score (nSPS) is 10.7. The largest absolute Gasteiger partial charge is 0.385 e. The number of methoxy groups -OCH3 is 1. The Hall–Kier alpha value is -3.32. The van der Waals surface area contributed by atoms with E-state index in [1.807, 2.05) is 12.1 Å². The number of nitrogens with zero attached hydrogens (tertiary/aromatic N) is 3. The molecule has 0 atom stereocenters. The Labute approximate surface area is 183 Å². The standard InChI is InChI=1S/C24H29N5O2/c1-31-15-6-4-2-3-5-8-18-10-12-19(13-11-18)21-17-27-23(25)22(29-21)24(30)28-20-9-7-14-26-16-20/h7,9-14,16-17H,2-6,8,15H2,1H3,(H2,25,27)(H,28,30). The molecule has 31 heavy (non-hydrogen) atoms. The van der Waals surface area contributed by atoms with E-state index < -0.39 is 5.91 Å². The van der Waals surface area contributed by atoms with Crippen molar-refractivity contribution in [1.29, 1.82) is 0 Å². The second-order valence-corrected chi connectivity index (χ2v) is 7.39. The molecule has 3 N–H and O–H groups in total. The molecule has 1 amide bonds. The minimum Gasteiger partial charge on any atom is -0.385 e. The van der Waals surface area contributed by atoms with Gasteiger partial charge in [0.05, 0.1) is 23.8 Å². The van der Waals surface area contributed by atoms with Crippen LogP contribution in [0.2, 0.25) is 0 Å². The number of nitrogen functional groups attached to an aromatic ring is 1. The molecule has 0 bridgehead atoms. The summed E-state index contributed by atoms with van der Waals surface area (Å²) < 4.78 is 5.08. The van der Waals surface area contributed by atoms with Crippen LogP contribution in [0.1, 0.15) is 48.2 Å². The summed E-state index contributed by atoms with van der Waals surface area (Å²) in [6.07, 6.45) is 11.8. The average molecular weight is 420 g/mol. The lowest BCUT2D eigenvalue weighted by atomic mass is 10.0. The molecule has 7 nitrogen and oxygen atoms in total. The lowest BCUT2D eigenvalue weighted by molar-refractivity contribution is 0.102. The Morgan fingerprint density at radius 1 is 1.03 bits per heavy atom. The summed E-state index contributed by atoms with van der Waals surface area (Å²) in [5, 5.41) is 2.74. The van der Waals surface area contributed by atoms with Gasteiger partial charge < -0.3 is 15.8 Å². The molecule has 0 fully saturated rings. The number of hydrogen-bond acceptors (Lipinski definition) is 6. The highest BCUT2D eigenvalue weighted by atomic mass is 16.5. The molecule has 1 aromatic carbocycles. The summed E-state index contributed by atoms with van der Waals surface area (Å²) >= 11 is 0. The molecule has 0 saturated carbocycles. The predicted octanol–water partition coefficient (Wildman–Crippen LogP) is 4.51. The van der Waals surface area contributed by atoms with Crippen molar-refractivity contribution in [3.8, 4) is 11.3 Å². The van der Waals surface area contributed by atoms with E-state index in [1.165, 1.54) is 31.2 Å². The number of rotatable bonds is 11. The molecule has 0 radical (unpaired) electrons. The van der Waals surface area contributed by atoms with Gasteiger partial charge in [0.25, 0.3) is 5.91 Å². The minimum atomic E-state index is -0.415. The first-order valence-electron chi connectivity index (χ1n) is 10.6. The van der Waals surface area contributed by atoms with Crippen LogP contribution in [-0.2, 0) is 11.2 Å². The zero-order valence-electron chi connectivity index (χ0n) is 17.9. The van der Waals surface area contributed by atoms with Crippen LogP contribution < -0.4 is 11.1 Å². The zero-order valence-corrected chi connectivity index (χ0v) is 17.9. The van der Waals surface area contributed by atoms with Crippen molar-refractivity contribution in [2.75, 3.05) is 24.8 Å². The van der Waals surface area contributed by atoms with Gasteiger partial charge in [0.15, 0.2) is 11.5 Å². The summed E-state index contributed by atoms with van der Waals surface area (Å²) in [4.78, 5) is 25.2. The van der Waals surface area contributed by atoms with Crippen LogP contribution in [0, 0.1) is 0 Å². The number of benzene rings is 1. The Balaban J connectivity index is 1.58. The van der Waals surface area contributed by atoms with Gasteiger partial charge in [-0.25, -0.2) is 9.97 Å². The van der Waals surface area contributed by atoms with Crippen molar-refractivity contribution >= 4 is 17.4 Å². The summed E-state index contributed by atoms with van der Waals surface area (Å²) in [5.41, 5.74) is 9.35. The van der Waals surface area contributed by atoms with Crippen molar-refractivity contribution in [3.05, 3.63) is 66.2 Å². The van der Waals surface area contributed by atoms with Crippen LogP contribution in [0.25, 0.3) is 11.3 Å². The number of ether oxygens (including phenoxy) is 1. The molecule has 162 valence electrons. The second kappa shape index (κ2) is 11.8. The van der Waals surface area contributed by atoms with Crippen molar-refractivity contribution in [1.82, 2.24) is 15.0 Å². The van der Waals surface area contributed by atoms with Crippen molar-refractivity contribution in [3.63, 3.8) is 0 Å². The van der Waals surface area contributed by atoms with Gasteiger partial charge in [-0.2, -0.15) is 0 Å². The number of aryl methyl sites for hydroxylation is 1. The summed E-state index contributed by atoms with van der Waals surface area (Å²) in [6.45, 7) is 0.850. The minimum absolute atomic E-state index is 0.0901. The number of hydrogen-bond donors (Lipinski definition) is 2. The van der Waals surface area contributed by atoms with Gasteiger partial charge in [0.2, 0.25) is 0 Å². The summed E-state index contributed by atoms with van der Waals surface area (Å²) in [7, 11) is 1.75. The quantitative estimate of drug-likeness (QED) is 0.443. The van der Waals surface area contributed by atoms with E-state index in [0.717, 1.165) is 25.0 Å². The Morgan fingerprint density at radius 3 is 2.55 bits per heavy atom. The molecule has 0 unspecified atom stereocenters.